The van der Waals surface area contributed by atoms with Gasteiger partial charge in [-0.1, -0.05) is 62.2 Å². The Morgan fingerprint density at radius 2 is 1.71 bits per heavy atom. The van der Waals surface area contributed by atoms with E-state index in [2.05, 4.69) is 21.4 Å². The highest BCUT2D eigenvalue weighted by Crippen LogP contribution is 2.52. The van der Waals surface area contributed by atoms with Crippen LogP contribution in [0.25, 0.3) is 0 Å². The molecule has 0 aromatic heterocycles. The Labute approximate surface area is 254 Å². The molecule has 1 fully saturated rings. The maximum absolute atomic E-state index is 15.8. The van der Waals surface area contributed by atoms with E-state index in [0.29, 0.717) is 17.8 Å². The van der Waals surface area contributed by atoms with Crippen LogP contribution in [0, 0.1) is 28.4 Å². The summed E-state index contributed by atoms with van der Waals surface area (Å²) in [4.78, 5) is 13.9. The third-order valence-electron chi connectivity index (χ3n) is 7.19. The number of nitrogens with one attached hydrogen (secondary N) is 3. The van der Waals surface area contributed by atoms with Gasteiger partial charge in [0.05, 0.1) is 23.4 Å². The first-order valence-corrected chi connectivity index (χ1v) is 15.7. The molecule has 1 heterocycles. The van der Waals surface area contributed by atoms with Crippen molar-refractivity contribution >= 4 is 50.5 Å². The predicted octanol–water partition coefficient (Wildman–Crippen LogP) is 6.60. The van der Waals surface area contributed by atoms with Gasteiger partial charge in [-0.3, -0.25) is 9.52 Å². The molecule has 1 amide bonds. The molecule has 1 saturated heterocycles. The van der Waals surface area contributed by atoms with Crippen LogP contribution in [0.2, 0.25) is 10.0 Å². The van der Waals surface area contributed by atoms with Crippen LogP contribution < -0.4 is 15.4 Å². The predicted molar refractivity (Wildman–Crippen MR) is 161 cm³/mol. The number of carbonyl (C=O) groups excluding carboxylic acids is 1. The van der Waals surface area contributed by atoms with Crippen LogP contribution in [0.3, 0.4) is 0 Å². The maximum Gasteiger partial charge on any atom is 0.242 e. The standard InChI is InChI=1S/C30H30Cl2F2N4O3S/c1-29(2,3)15-24-30(16-35,21-13-8-17(31)14-23(21)33)25(20-6-5-7-22(32)26(20)34)27(37-24)28(39)36-18-9-11-19(12-10-18)38-42(4,40)41/h5-14,24-25,27,37-38H,15H2,1-4H3,(H,36,39)/t24-,25-,27+,30-/m0/s1. The molecule has 222 valence electrons. The van der Waals surface area contributed by atoms with E-state index >= 15 is 8.78 Å². The summed E-state index contributed by atoms with van der Waals surface area (Å²) in [7, 11) is -3.50. The second-order valence-corrected chi connectivity index (χ2v) is 14.2. The zero-order chi connectivity index (χ0) is 31.0. The van der Waals surface area contributed by atoms with E-state index in [0.717, 1.165) is 12.3 Å². The van der Waals surface area contributed by atoms with Gasteiger partial charge in [-0.2, -0.15) is 5.26 Å². The fourth-order valence-electron chi connectivity index (χ4n) is 5.61. The SMILES string of the molecule is CC(C)(C)C[C@@H]1N[C@@H](C(=O)Nc2ccc(NS(C)(=O)=O)cc2)[C@H](c2cccc(Cl)c2F)[C@@]1(C#N)c1ccc(Cl)cc1F. The van der Waals surface area contributed by atoms with Gasteiger partial charge < -0.3 is 10.6 Å². The molecular weight excluding hydrogens is 605 g/mol. The van der Waals surface area contributed by atoms with Crippen LogP contribution in [-0.4, -0.2) is 32.7 Å². The largest absolute Gasteiger partial charge is 0.325 e. The van der Waals surface area contributed by atoms with Gasteiger partial charge in [0.25, 0.3) is 0 Å². The number of hydrogen-bond acceptors (Lipinski definition) is 5. The minimum atomic E-state index is -3.50. The molecule has 3 aromatic rings. The van der Waals surface area contributed by atoms with E-state index in [4.69, 9.17) is 23.2 Å². The van der Waals surface area contributed by atoms with Crippen molar-refractivity contribution in [3.05, 3.63) is 93.5 Å². The molecule has 0 aliphatic carbocycles. The highest BCUT2D eigenvalue weighted by Gasteiger charge is 2.61. The summed E-state index contributed by atoms with van der Waals surface area (Å²) in [6, 6.07) is 14.5. The van der Waals surface area contributed by atoms with Crippen LogP contribution in [0.1, 0.15) is 44.2 Å². The number of nitrogens with zero attached hydrogens (tertiary/aromatic N) is 1. The van der Waals surface area contributed by atoms with Gasteiger partial charge in [-0.15, -0.1) is 0 Å². The van der Waals surface area contributed by atoms with Crippen molar-refractivity contribution in [3.8, 4) is 6.07 Å². The highest BCUT2D eigenvalue weighted by molar-refractivity contribution is 7.92. The molecule has 0 saturated carbocycles. The van der Waals surface area contributed by atoms with Gasteiger partial charge in [0, 0.05) is 33.9 Å². The lowest BCUT2D eigenvalue weighted by molar-refractivity contribution is -0.118. The van der Waals surface area contributed by atoms with Crippen LogP contribution in [0.15, 0.2) is 60.7 Å². The Morgan fingerprint density at radius 1 is 1.07 bits per heavy atom. The number of anilines is 2. The summed E-state index contributed by atoms with van der Waals surface area (Å²) in [5.74, 6) is -3.39. The molecule has 0 spiro atoms. The van der Waals surface area contributed by atoms with E-state index in [1.807, 2.05) is 20.8 Å². The molecular formula is C30H30Cl2F2N4O3S. The Morgan fingerprint density at radius 3 is 2.29 bits per heavy atom. The average molecular weight is 636 g/mol. The molecule has 4 atom stereocenters. The summed E-state index contributed by atoms with van der Waals surface area (Å²) >= 11 is 12.2. The molecule has 42 heavy (non-hydrogen) atoms. The quantitative estimate of drug-likeness (QED) is 0.271. The van der Waals surface area contributed by atoms with Crippen molar-refractivity contribution in [2.24, 2.45) is 5.41 Å². The summed E-state index contributed by atoms with van der Waals surface area (Å²) in [5.41, 5.74) is -1.56. The first-order chi connectivity index (χ1) is 19.6. The van der Waals surface area contributed by atoms with Crippen molar-refractivity contribution in [2.75, 3.05) is 16.3 Å². The Kier molecular flexibility index (Phi) is 8.91. The topological polar surface area (TPSA) is 111 Å². The number of hydrogen-bond donors (Lipinski definition) is 3. The Bertz CT molecular complexity index is 1660. The van der Waals surface area contributed by atoms with Gasteiger partial charge in [0.1, 0.15) is 17.0 Å². The van der Waals surface area contributed by atoms with Gasteiger partial charge >= 0.3 is 0 Å². The van der Waals surface area contributed by atoms with Gasteiger partial charge in [-0.25, -0.2) is 17.2 Å². The van der Waals surface area contributed by atoms with Crippen molar-refractivity contribution in [1.82, 2.24) is 5.32 Å². The van der Waals surface area contributed by atoms with E-state index in [1.165, 1.54) is 54.6 Å². The number of amides is 1. The summed E-state index contributed by atoms with van der Waals surface area (Å²) in [6.07, 6.45) is 1.35. The molecule has 1 aliphatic rings. The second kappa shape index (κ2) is 11.8. The lowest BCUT2D eigenvalue weighted by Gasteiger charge is -2.37. The number of sulfonamides is 1. The van der Waals surface area contributed by atoms with Crippen LogP contribution >= 0.6 is 23.2 Å². The Balaban J connectivity index is 1.87. The number of carbonyl (C=O) groups is 1. The van der Waals surface area contributed by atoms with E-state index < -0.39 is 51.0 Å². The number of rotatable bonds is 7. The number of nitriles is 1. The fraction of sp³-hybridized carbons (Fsp3) is 0.333. The number of halogens is 4. The van der Waals surface area contributed by atoms with Crippen LogP contribution in [0.5, 0.6) is 0 Å². The third-order valence-corrected chi connectivity index (χ3v) is 8.32. The van der Waals surface area contributed by atoms with Crippen molar-refractivity contribution in [3.63, 3.8) is 0 Å². The molecule has 0 bridgehead atoms. The first kappa shape index (κ1) is 31.7. The molecule has 4 rings (SSSR count). The average Bonchev–Trinajstić information content (AvgIpc) is 3.19. The summed E-state index contributed by atoms with van der Waals surface area (Å²) in [6.45, 7) is 5.84. The van der Waals surface area contributed by atoms with Crippen LogP contribution in [0.4, 0.5) is 20.2 Å². The summed E-state index contributed by atoms with van der Waals surface area (Å²) in [5, 5.41) is 16.8. The van der Waals surface area contributed by atoms with Crippen LogP contribution in [-0.2, 0) is 20.2 Å². The lowest BCUT2D eigenvalue weighted by Crippen LogP contribution is -2.45. The Hall–Kier alpha value is -3.23. The van der Waals surface area contributed by atoms with E-state index in [9.17, 15) is 18.5 Å². The van der Waals surface area contributed by atoms with Gasteiger partial charge in [-0.05, 0) is 59.9 Å². The zero-order valence-corrected chi connectivity index (χ0v) is 25.6. The molecule has 0 radical (unpaired) electrons. The van der Waals surface area contributed by atoms with Crippen molar-refractivity contribution < 1.29 is 22.0 Å². The zero-order valence-electron chi connectivity index (χ0n) is 23.3. The highest BCUT2D eigenvalue weighted by atomic mass is 35.5. The van der Waals surface area contributed by atoms with Gasteiger partial charge in [0.15, 0.2) is 0 Å². The molecule has 7 nitrogen and oxygen atoms in total. The minimum Gasteiger partial charge on any atom is -0.325 e. The van der Waals surface area contributed by atoms with Crippen molar-refractivity contribution in [2.45, 2.75) is 50.6 Å². The van der Waals surface area contributed by atoms with Crippen molar-refractivity contribution in [1.29, 1.82) is 5.26 Å². The lowest BCUT2D eigenvalue weighted by atomic mass is 9.62. The van der Waals surface area contributed by atoms with E-state index in [-0.39, 0.29) is 26.6 Å². The molecule has 1 aliphatic heterocycles. The third kappa shape index (κ3) is 6.55. The molecule has 0 unspecified atom stereocenters. The fourth-order valence-corrected chi connectivity index (χ4v) is 6.52. The normalized spacial score (nSPS) is 22.4. The van der Waals surface area contributed by atoms with Gasteiger partial charge in [0.2, 0.25) is 15.9 Å². The number of benzene rings is 3. The molecule has 3 aromatic carbocycles. The maximum atomic E-state index is 15.8. The second-order valence-electron chi connectivity index (χ2n) is 11.6. The monoisotopic (exact) mass is 634 g/mol. The smallest absolute Gasteiger partial charge is 0.242 e. The molecule has 12 heteroatoms. The molecule has 3 N–H and O–H groups in total. The summed E-state index contributed by atoms with van der Waals surface area (Å²) < 4.78 is 56.9. The minimum absolute atomic E-state index is 0.0184. The van der Waals surface area contributed by atoms with E-state index in [1.54, 1.807) is 0 Å². The first-order valence-electron chi connectivity index (χ1n) is 13.0.